The monoisotopic (exact) mass is 261 g/mol. The van der Waals surface area contributed by atoms with Crippen LogP contribution in [-0.4, -0.2) is 4.98 Å². The average Bonchev–Trinajstić information content (AvgIpc) is 2.54. The highest BCUT2D eigenvalue weighted by atomic mass is 14.7. The Bertz CT molecular complexity index is 716. The highest BCUT2D eigenvalue weighted by molar-refractivity contribution is 5.94. The number of pyridine rings is 1. The first-order valence-electron chi connectivity index (χ1n) is 7.24. The molecule has 0 saturated carbocycles. The molecule has 1 heterocycles. The molecule has 0 spiro atoms. The molecule has 2 aromatic carbocycles. The van der Waals surface area contributed by atoms with Crippen LogP contribution in [0, 0.1) is 0 Å². The van der Waals surface area contributed by atoms with Gasteiger partial charge in [0.25, 0.3) is 0 Å². The third-order valence-corrected chi connectivity index (χ3v) is 3.94. The molecule has 0 bridgehead atoms. The van der Waals surface area contributed by atoms with Crippen molar-refractivity contribution in [3.8, 4) is 11.1 Å². The van der Waals surface area contributed by atoms with Gasteiger partial charge in [-0.05, 0) is 35.6 Å². The minimum absolute atomic E-state index is 0.488. The molecule has 0 amide bonds. The Morgan fingerprint density at radius 2 is 1.65 bits per heavy atom. The number of para-hydroxylation sites is 1. The van der Waals surface area contributed by atoms with Crippen LogP contribution >= 0.6 is 0 Å². The Morgan fingerprint density at radius 1 is 0.950 bits per heavy atom. The van der Waals surface area contributed by atoms with Crippen LogP contribution in [0.25, 0.3) is 22.0 Å². The van der Waals surface area contributed by atoms with Crippen molar-refractivity contribution in [2.45, 2.75) is 26.2 Å². The fourth-order valence-electron chi connectivity index (χ4n) is 2.51. The van der Waals surface area contributed by atoms with Crippen LogP contribution in [-0.2, 0) is 0 Å². The van der Waals surface area contributed by atoms with Crippen molar-refractivity contribution in [3.63, 3.8) is 0 Å². The number of benzene rings is 2. The summed E-state index contributed by atoms with van der Waals surface area (Å²) in [5.74, 6) is 0.488. The van der Waals surface area contributed by atoms with E-state index >= 15 is 0 Å². The quantitative estimate of drug-likeness (QED) is 0.614. The zero-order valence-electron chi connectivity index (χ0n) is 12.0. The third-order valence-electron chi connectivity index (χ3n) is 3.94. The van der Waals surface area contributed by atoms with Crippen LogP contribution in [0.5, 0.6) is 0 Å². The number of fused-ring (bicyclic) bond motifs is 1. The molecule has 1 heteroatoms. The van der Waals surface area contributed by atoms with Gasteiger partial charge >= 0.3 is 0 Å². The molecule has 3 rings (SSSR count). The van der Waals surface area contributed by atoms with E-state index in [0.29, 0.717) is 5.92 Å². The van der Waals surface area contributed by atoms with E-state index < -0.39 is 0 Å². The van der Waals surface area contributed by atoms with E-state index in [0.717, 1.165) is 11.9 Å². The summed E-state index contributed by atoms with van der Waals surface area (Å²) in [6.45, 7) is 4.45. The Morgan fingerprint density at radius 3 is 2.40 bits per heavy atom. The third kappa shape index (κ3) is 2.32. The van der Waals surface area contributed by atoms with Crippen molar-refractivity contribution in [1.82, 2.24) is 4.98 Å². The highest BCUT2D eigenvalue weighted by Crippen LogP contribution is 2.31. The van der Waals surface area contributed by atoms with Gasteiger partial charge in [-0.3, -0.25) is 4.98 Å². The van der Waals surface area contributed by atoms with E-state index in [4.69, 9.17) is 4.98 Å². The van der Waals surface area contributed by atoms with Crippen LogP contribution < -0.4 is 0 Å². The number of hydrogen-bond donors (Lipinski definition) is 0. The molecule has 1 unspecified atom stereocenters. The minimum atomic E-state index is 0.488. The van der Waals surface area contributed by atoms with Crippen molar-refractivity contribution < 1.29 is 0 Å². The summed E-state index contributed by atoms with van der Waals surface area (Å²) in [6.07, 6.45) is 1.11. The van der Waals surface area contributed by atoms with Gasteiger partial charge in [0.15, 0.2) is 0 Å². The van der Waals surface area contributed by atoms with Crippen molar-refractivity contribution in [1.29, 1.82) is 0 Å². The molecule has 20 heavy (non-hydrogen) atoms. The van der Waals surface area contributed by atoms with Gasteiger partial charge in [0.05, 0.1) is 5.52 Å². The summed E-state index contributed by atoms with van der Waals surface area (Å²) in [6, 6.07) is 21.2. The van der Waals surface area contributed by atoms with E-state index in [9.17, 15) is 0 Å². The van der Waals surface area contributed by atoms with Gasteiger partial charge in [0.2, 0.25) is 0 Å². The maximum Gasteiger partial charge on any atom is 0.0711 e. The second-order valence-electron chi connectivity index (χ2n) is 5.29. The maximum atomic E-state index is 4.83. The first-order chi connectivity index (χ1) is 9.79. The molecule has 1 aromatic heterocycles. The predicted octanol–water partition coefficient (Wildman–Crippen LogP) is 5.42. The van der Waals surface area contributed by atoms with E-state index in [-0.39, 0.29) is 0 Å². The van der Waals surface area contributed by atoms with Crippen LogP contribution in [0.3, 0.4) is 0 Å². The lowest BCUT2D eigenvalue weighted by molar-refractivity contribution is 0.712. The Hall–Kier alpha value is -2.15. The summed E-state index contributed by atoms with van der Waals surface area (Å²) in [7, 11) is 0. The Balaban J connectivity index is 2.28. The largest absolute Gasteiger partial charge is 0.253 e. The highest BCUT2D eigenvalue weighted by Gasteiger charge is 2.11. The van der Waals surface area contributed by atoms with Crippen molar-refractivity contribution in [2.24, 2.45) is 0 Å². The lowest BCUT2D eigenvalue weighted by atomic mass is 9.96. The maximum absolute atomic E-state index is 4.83. The molecule has 0 aliphatic carbocycles. The summed E-state index contributed by atoms with van der Waals surface area (Å²) in [5, 5.41) is 1.23. The second-order valence-corrected chi connectivity index (χ2v) is 5.29. The molecule has 0 radical (unpaired) electrons. The first kappa shape index (κ1) is 12.9. The number of nitrogens with zero attached hydrogens (tertiary/aromatic N) is 1. The van der Waals surface area contributed by atoms with Gasteiger partial charge in [0.1, 0.15) is 0 Å². The number of hydrogen-bond acceptors (Lipinski definition) is 1. The molecule has 0 fully saturated rings. The zero-order valence-corrected chi connectivity index (χ0v) is 12.0. The van der Waals surface area contributed by atoms with Crippen molar-refractivity contribution >= 4 is 10.9 Å². The molecule has 0 saturated heterocycles. The molecule has 0 aliphatic rings. The fraction of sp³-hybridized carbons (Fsp3) is 0.211. The summed E-state index contributed by atoms with van der Waals surface area (Å²) < 4.78 is 0. The molecule has 3 aromatic rings. The molecular formula is C19H19N. The van der Waals surface area contributed by atoms with Gasteiger partial charge in [-0.1, -0.05) is 62.4 Å². The topological polar surface area (TPSA) is 12.9 Å². The molecular weight excluding hydrogens is 242 g/mol. The summed E-state index contributed by atoms with van der Waals surface area (Å²) >= 11 is 0. The van der Waals surface area contributed by atoms with Gasteiger partial charge in [0, 0.05) is 11.1 Å². The fourth-order valence-corrected chi connectivity index (χ4v) is 2.51. The van der Waals surface area contributed by atoms with Crippen LogP contribution in [0.4, 0.5) is 0 Å². The molecule has 1 nitrogen and oxygen atoms in total. The Kier molecular flexibility index (Phi) is 3.51. The first-order valence-corrected chi connectivity index (χ1v) is 7.24. The van der Waals surface area contributed by atoms with Gasteiger partial charge in [-0.15, -0.1) is 0 Å². The van der Waals surface area contributed by atoms with E-state index in [1.165, 1.54) is 22.2 Å². The van der Waals surface area contributed by atoms with Crippen LogP contribution in [0.15, 0.2) is 60.7 Å². The summed E-state index contributed by atoms with van der Waals surface area (Å²) in [5.41, 5.74) is 4.82. The second kappa shape index (κ2) is 5.46. The standard InChI is InChI=1S/C19H19N/c1-3-14(2)19-13-17(15-9-5-4-6-10-15)16-11-7-8-12-18(16)20-19/h4-14H,3H2,1-2H3. The SMILES string of the molecule is CCC(C)c1cc(-c2ccccc2)c2ccccc2n1. The van der Waals surface area contributed by atoms with Gasteiger partial charge in [-0.2, -0.15) is 0 Å². The van der Waals surface area contributed by atoms with Crippen LogP contribution in [0.1, 0.15) is 31.9 Å². The number of rotatable bonds is 3. The lowest BCUT2D eigenvalue weighted by Crippen LogP contribution is -1.97. The van der Waals surface area contributed by atoms with Crippen molar-refractivity contribution in [2.75, 3.05) is 0 Å². The molecule has 0 N–H and O–H groups in total. The van der Waals surface area contributed by atoms with Gasteiger partial charge < -0.3 is 0 Å². The summed E-state index contributed by atoms with van der Waals surface area (Å²) in [4.78, 5) is 4.83. The molecule has 1 atom stereocenters. The smallest absolute Gasteiger partial charge is 0.0711 e. The van der Waals surface area contributed by atoms with E-state index in [1.807, 2.05) is 0 Å². The number of aromatic nitrogens is 1. The minimum Gasteiger partial charge on any atom is -0.253 e. The molecule has 0 aliphatic heterocycles. The zero-order chi connectivity index (χ0) is 13.9. The van der Waals surface area contributed by atoms with E-state index in [2.05, 4.69) is 74.5 Å². The predicted molar refractivity (Wildman–Crippen MR) is 85.9 cm³/mol. The average molecular weight is 261 g/mol. The molecule has 100 valence electrons. The normalized spacial score (nSPS) is 12.5. The Labute approximate surface area is 120 Å². The lowest BCUT2D eigenvalue weighted by Gasteiger charge is -2.13. The van der Waals surface area contributed by atoms with Crippen molar-refractivity contribution in [3.05, 3.63) is 66.4 Å². The van der Waals surface area contributed by atoms with Crippen LogP contribution in [0.2, 0.25) is 0 Å². The van der Waals surface area contributed by atoms with E-state index in [1.54, 1.807) is 0 Å². The van der Waals surface area contributed by atoms with Gasteiger partial charge in [-0.25, -0.2) is 0 Å².